The molecule has 5 heteroatoms. The van der Waals surface area contributed by atoms with Crippen LogP contribution in [-0.4, -0.2) is 36.4 Å². The summed E-state index contributed by atoms with van der Waals surface area (Å²) in [4.78, 5) is 12.3. The normalized spacial score (nSPS) is 30.8. The average molecular weight is 330 g/mol. The van der Waals surface area contributed by atoms with Gasteiger partial charge in [-0.1, -0.05) is 36.2 Å². The highest BCUT2D eigenvalue weighted by Crippen LogP contribution is 2.62. The molecule has 3 fully saturated rings. The third-order valence-corrected chi connectivity index (χ3v) is 6.21. The lowest BCUT2D eigenvalue weighted by Crippen LogP contribution is -2.72. The van der Waals surface area contributed by atoms with Gasteiger partial charge in [0.15, 0.2) is 0 Å². The number of hydrogen-bond acceptors (Lipinski definition) is 3. The van der Waals surface area contributed by atoms with Gasteiger partial charge in [0, 0.05) is 30.5 Å². The molecule has 0 radical (unpaired) electrons. The van der Waals surface area contributed by atoms with Crippen LogP contribution in [0.5, 0.6) is 0 Å². The molecule has 4 unspecified atom stereocenters. The molecule has 2 amide bonds. The third kappa shape index (κ3) is 2.50. The van der Waals surface area contributed by atoms with Gasteiger partial charge in [0.2, 0.25) is 0 Å². The fourth-order valence-corrected chi connectivity index (χ4v) is 4.83. The summed E-state index contributed by atoms with van der Waals surface area (Å²) in [6.45, 7) is 3.04. The minimum Gasteiger partial charge on any atom is -0.387 e. The zero-order valence-corrected chi connectivity index (χ0v) is 14.1. The van der Waals surface area contributed by atoms with Gasteiger partial charge in [0.05, 0.1) is 12.2 Å². The van der Waals surface area contributed by atoms with Crippen molar-refractivity contribution in [1.29, 1.82) is 0 Å². The molecule has 24 heavy (non-hydrogen) atoms. The van der Waals surface area contributed by atoms with Crippen LogP contribution < -0.4 is 10.6 Å². The molecule has 1 heterocycles. The second-order valence-electron chi connectivity index (χ2n) is 7.59. The number of nitrogens with one attached hydrogen (secondary N) is 2. The number of hydrogen-bond donors (Lipinski definition) is 3. The highest BCUT2D eigenvalue weighted by atomic mass is 16.5. The van der Waals surface area contributed by atoms with Gasteiger partial charge >= 0.3 is 6.03 Å². The first-order valence-corrected chi connectivity index (χ1v) is 9.01. The number of aliphatic hydroxyl groups is 1. The minimum absolute atomic E-state index is 0.177. The van der Waals surface area contributed by atoms with Gasteiger partial charge in [-0.25, -0.2) is 4.79 Å². The molecule has 3 N–H and O–H groups in total. The van der Waals surface area contributed by atoms with Crippen LogP contribution in [0, 0.1) is 18.3 Å². The number of fused-ring (bicyclic) bond motifs is 2. The molecular weight excluding hydrogens is 304 g/mol. The topological polar surface area (TPSA) is 70.6 Å². The van der Waals surface area contributed by atoms with Gasteiger partial charge in [-0.2, -0.15) is 0 Å². The third-order valence-electron chi connectivity index (χ3n) is 6.21. The van der Waals surface area contributed by atoms with Crippen LogP contribution in [0.25, 0.3) is 0 Å². The molecule has 4 rings (SSSR count). The number of urea groups is 1. The predicted molar refractivity (Wildman–Crippen MR) is 90.6 cm³/mol. The number of carbonyl (C=O) groups is 1. The summed E-state index contributed by atoms with van der Waals surface area (Å²) >= 11 is 0. The Kier molecular flexibility index (Phi) is 4.01. The molecule has 4 atom stereocenters. The molecular formula is C19H26N2O3. The van der Waals surface area contributed by atoms with E-state index >= 15 is 0 Å². The van der Waals surface area contributed by atoms with E-state index in [-0.39, 0.29) is 24.0 Å². The lowest BCUT2D eigenvalue weighted by Gasteiger charge is -2.63. The Balaban J connectivity index is 1.31. The standard InChI is InChI=1S/C19H26N2O3/c1-12-4-2-5-13(10-12)15(22)11-20-18(23)21-16-14-6-9-24-17(14)19(16)7-3-8-19/h2,4-5,10,14-17,22H,3,6-9,11H2,1H3,(H2,20,21,23). The van der Waals surface area contributed by atoms with Crippen molar-refractivity contribution in [3.63, 3.8) is 0 Å². The monoisotopic (exact) mass is 330 g/mol. The van der Waals surface area contributed by atoms with Gasteiger partial charge in [-0.05, 0) is 31.7 Å². The van der Waals surface area contributed by atoms with E-state index in [4.69, 9.17) is 4.74 Å². The maximum Gasteiger partial charge on any atom is 0.315 e. The number of carbonyl (C=O) groups excluding carboxylic acids is 1. The molecule has 0 bridgehead atoms. The van der Waals surface area contributed by atoms with Crippen molar-refractivity contribution in [3.8, 4) is 0 Å². The van der Waals surface area contributed by atoms with Crippen LogP contribution in [0.3, 0.4) is 0 Å². The number of benzene rings is 1. The molecule has 3 aliphatic rings. The van der Waals surface area contributed by atoms with Crippen LogP contribution in [-0.2, 0) is 4.74 Å². The SMILES string of the molecule is Cc1cccc(C(O)CNC(=O)NC2C3CCOC3C23CCC3)c1. The van der Waals surface area contributed by atoms with Gasteiger partial charge in [-0.3, -0.25) is 0 Å². The number of aliphatic hydroxyl groups excluding tert-OH is 1. The quantitative estimate of drug-likeness (QED) is 0.793. The Morgan fingerprint density at radius 1 is 1.46 bits per heavy atom. The Labute approximate surface area is 142 Å². The van der Waals surface area contributed by atoms with Crippen LogP contribution in [0.2, 0.25) is 0 Å². The fraction of sp³-hybridized carbons (Fsp3) is 0.632. The van der Waals surface area contributed by atoms with E-state index in [9.17, 15) is 9.90 Å². The van der Waals surface area contributed by atoms with Crippen LogP contribution in [0.1, 0.15) is 42.9 Å². The maximum atomic E-state index is 12.3. The van der Waals surface area contributed by atoms with E-state index in [1.165, 1.54) is 6.42 Å². The van der Waals surface area contributed by atoms with Crippen LogP contribution >= 0.6 is 0 Å². The summed E-state index contributed by atoms with van der Waals surface area (Å²) in [6.07, 6.45) is 4.27. The smallest absolute Gasteiger partial charge is 0.315 e. The molecule has 1 aromatic carbocycles. The molecule has 2 aliphatic carbocycles. The van der Waals surface area contributed by atoms with Crippen molar-refractivity contribution in [2.24, 2.45) is 11.3 Å². The summed E-state index contributed by atoms with van der Waals surface area (Å²) in [5, 5.41) is 16.2. The molecule has 1 saturated heterocycles. The summed E-state index contributed by atoms with van der Waals surface area (Å²) in [7, 11) is 0. The Bertz CT molecular complexity index is 629. The van der Waals surface area contributed by atoms with Gasteiger partial charge in [0.1, 0.15) is 0 Å². The number of ether oxygens (including phenoxy) is 1. The van der Waals surface area contributed by atoms with Crippen molar-refractivity contribution in [2.45, 2.75) is 50.9 Å². The van der Waals surface area contributed by atoms with E-state index in [0.29, 0.717) is 12.0 Å². The van der Waals surface area contributed by atoms with Crippen molar-refractivity contribution in [2.75, 3.05) is 13.2 Å². The zero-order chi connectivity index (χ0) is 16.7. The zero-order valence-electron chi connectivity index (χ0n) is 14.1. The first-order valence-electron chi connectivity index (χ1n) is 9.01. The number of aryl methyl sites for hydroxylation is 1. The lowest BCUT2D eigenvalue weighted by molar-refractivity contribution is -0.172. The van der Waals surface area contributed by atoms with Crippen molar-refractivity contribution in [3.05, 3.63) is 35.4 Å². The fourth-order valence-electron chi connectivity index (χ4n) is 4.83. The first-order chi connectivity index (χ1) is 11.6. The van der Waals surface area contributed by atoms with Gasteiger partial charge < -0.3 is 20.5 Å². The van der Waals surface area contributed by atoms with E-state index in [1.807, 2.05) is 31.2 Å². The number of amides is 2. The Morgan fingerprint density at radius 3 is 3.00 bits per heavy atom. The minimum atomic E-state index is -0.683. The van der Waals surface area contributed by atoms with E-state index in [2.05, 4.69) is 10.6 Å². The predicted octanol–water partition coefficient (Wildman–Crippen LogP) is 2.29. The van der Waals surface area contributed by atoms with Crippen molar-refractivity contribution in [1.82, 2.24) is 10.6 Å². The molecule has 2 saturated carbocycles. The van der Waals surface area contributed by atoms with E-state index < -0.39 is 6.10 Å². The maximum absolute atomic E-state index is 12.3. The molecule has 0 aromatic heterocycles. The summed E-state index contributed by atoms with van der Waals surface area (Å²) in [5.41, 5.74) is 2.12. The van der Waals surface area contributed by atoms with Crippen molar-refractivity contribution < 1.29 is 14.6 Å². The van der Waals surface area contributed by atoms with Crippen molar-refractivity contribution >= 4 is 6.03 Å². The summed E-state index contributed by atoms with van der Waals surface area (Å²) in [6, 6.07) is 7.79. The highest BCUT2D eigenvalue weighted by molar-refractivity contribution is 5.74. The highest BCUT2D eigenvalue weighted by Gasteiger charge is 2.66. The lowest BCUT2D eigenvalue weighted by atomic mass is 9.46. The average Bonchev–Trinajstić information content (AvgIpc) is 2.94. The molecule has 1 aliphatic heterocycles. The molecule has 130 valence electrons. The number of rotatable bonds is 4. The van der Waals surface area contributed by atoms with E-state index in [1.54, 1.807) is 0 Å². The Morgan fingerprint density at radius 2 is 2.29 bits per heavy atom. The summed E-state index contributed by atoms with van der Waals surface area (Å²) in [5.74, 6) is 0.470. The van der Waals surface area contributed by atoms with Gasteiger partial charge in [0.25, 0.3) is 0 Å². The Hall–Kier alpha value is -1.59. The first kappa shape index (κ1) is 15.9. The van der Waals surface area contributed by atoms with Crippen LogP contribution in [0.4, 0.5) is 4.79 Å². The molecule has 1 spiro atoms. The second-order valence-corrected chi connectivity index (χ2v) is 7.59. The molecule has 5 nitrogen and oxygen atoms in total. The van der Waals surface area contributed by atoms with E-state index in [0.717, 1.165) is 37.0 Å². The van der Waals surface area contributed by atoms with Crippen LogP contribution in [0.15, 0.2) is 24.3 Å². The molecule has 1 aromatic rings. The summed E-state index contributed by atoms with van der Waals surface area (Å²) < 4.78 is 5.88. The van der Waals surface area contributed by atoms with Gasteiger partial charge in [-0.15, -0.1) is 0 Å². The second kappa shape index (κ2) is 6.05. The largest absolute Gasteiger partial charge is 0.387 e.